The molecule has 13 heavy (non-hydrogen) atoms. The van der Waals surface area contributed by atoms with Crippen LogP contribution >= 0.6 is 0 Å². The van der Waals surface area contributed by atoms with E-state index in [1.807, 2.05) is 13.0 Å². The molecule has 0 radical (unpaired) electrons. The lowest BCUT2D eigenvalue weighted by atomic mass is 9.90. The minimum atomic E-state index is 0.511. The minimum absolute atomic E-state index is 0.511. The van der Waals surface area contributed by atoms with Gasteiger partial charge in [0.15, 0.2) is 0 Å². The lowest BCUT2D eigenvalue weighted by molar-refractivity contribution is 0.441. The zero-order valence-electron chi connectivity index (χ0n) is 8.88. The Bertz CT molecular complexity index is 218. The Morgan fingerprint density at radius 3 is 2.54 bits per heavy atom. The largest absolute Gasteiger partial charge is 0.198 e. The maximum absolute atomic E-state index is 8.48. The van der Waals surface area contributed by atoms with Crippen LogP contribution in [0.1, 0.15) is 33.6 Å². The number of hydrogen-bond donors (Lipinski definition) is 0. The SMILES string of the molecule is C=C(C)/C=C/[C@H](CCC#N)C(C)C. The fraction of sp³-hybridized carbons (Fsp3) is 0.583. The van der Waals surface area contributed by atoms with Gasteiger partial charge in [0, 0.05) is 6.42 Å². The van der Waals surface area contributed by atoms with E-state index in [1.165, 1.54) is 0 Å². The summed E-state index contributed by atoms with van der Waals surface area (Å²) in [6.07, 6.45) is 5.81. The molecule has 0 heterocycles. The Kier molecular flexibility index (Phi) is 5.97. The topological polar surface area (TPSA) is 23.8 Å². The Hall–Kier alpha value is -1.03. The van der Waals surface area contributed by atoms with Crippen LogP contribution in [-0.4, -0.2) is 0 Å². The number of allylic oxidation sites excluding steroid dienone is 3. The minimum Gasteiger partial charge on any atom is -0.198 e. The zero-order chi connectivity index (χ0) is 10.3. The van der Waals surface area contributed by atoms with Crippen molar-refractivity contribution in [2.24, 2.45) is 11.8 Å². The third-order valence-electron chi connectivity index (χ3n) is 2.07. The predicted molar refractivity (Wildman–Crippen MR) is 57.1 cm³/mol. The highest BCUT2D eigenvalue weighted by molar-refractivity contribution is 5.12. The van der Waals surface area contributed by atoms with E-state index in [4.69, 9.17) is 5.26 Å². The molecule has 0 N–H and O–H groups in total. The van der Waals surface area contributed by atoms with Crippen LogP contribution in [0.2, 0.25) is 0 Å². The summed E-state index contributed by atoms with van der Waals surface area (Å²) in [7, 11) is 0. The highest BCUT2D eigenvalue weighted by atomic mass is 14.2. The summed E-state index contributed by atoms with van der Waals surface area (Å²) in [5, 5.41) is 8.48. The molecule has 0 saturated heterocycles. The molecule has 0 rings (SSSR count). The third kappa shape index (κ3) is 6.16. The second-order valence-electron chi connectivity index (χ2n) is 3.81. The molecule has 0 aliphatic rings. The maximum Gasteiger partial charge on any atom is 0.0621 e. The molecule has 0 aliphatic carbocycles. The first kappa shape index (κ1) is 12.0. The van der Waals surface area contributed by atoms with Gasteiger partial charge >= 0.3 is 0 Å². The molecule has 0 aromatic heterocycles. The first-order valence-electron chi connectivity index (χ1n) is 4.78. The van der Waals surface area contributed by atoms with Gasteiger partial charge in [-0.05, 0) is 25.2 Å². The molecule has 0 fully saturated rings. The molecule has 0 spiro atoms. The predicted octanol–water partition coefficient (Wildman–Crippen LogP) is 3.69. The standard InChI is InChI=1S/C12H19N/c1-10(2)7-8-12(11(3)4)6-5-9-13/h7-8,11-12H,1,5-6H2,2-4H3/b8-7+/t12-/m0/s1. The van der Waals surface area contributed by atoms with Crippen molar-refractivity contribution in [1.82, 2.24) is 0 Å². The molecule has 72 valence electrons. The lowest BCUT2D eigenvalue weighted by Crippen LogP contribution is -2.04. The van der Waals surface area contributed by atoms with Gasteiger partial charge in [0.25, 0.3) is 0 Å². The zero-order valence-corrected chi connectivity index (χ0v) is 8.88. The van der Waals surface area contributed by atoms with Crippen molar-refractivity contribution in [3.63, 3.8) is 0 Å². The Balaban J connectivity index is 4.11. The summed E-state index contributed by atoms with van der Waals surface area (Å²) < 4.78 is 0. The molecule has 0 aromatic rings. The summed E-state index contributed by atoms with van der Waals surface area (Å²) in [6.45, 7) is 10.2. The van der Waals surface area contributed by atoms with E-state index >= 15 is 0 Å². The maximum atomic E-state index is 8.48. The number of hydrogen-bond acceptors (Lipinski definition) is 1. The van der Waals surface area contributed by atoms with Gasteiger partial charge in [0.05, 0.1) is 6.07 Å². The third-order valence-corrected chi connectivity index (χ3v) is 2.07. The quantitative estimate of drug-likeness (QED) is 0.587. The van der Waals surface area contributed by atoms with Crippen LogP contribution in [0.4, 0.5) is 0 Å². The molecular formula is C12H19N. The summed E-state index contributed by atoms with van der Waals surface area (Å²) in [4.78, 5) is 0. The molecule has 1 nitrogen and oxygen atoms in total. The van der Waals surface area contributed by atoms with Crippen molar-refractivity contribution in [2.45, 2.75) is 33.6 Å². The number of rotatable bonds is 5. The second-order valence-corrected chi connectivity index (χ2v) is 3.81. The molecule has 0 amide bonds. The highest BCUT2D eigenvalue weighted by Gasteiger charge is 2.08. The monoisotopic (exact) mass is 177 g/mol. The van der Waals surface area contributed by atoms with Crippen LogP contribution in [0.25, 0.3) is 0 Å². The molecule has 1 atom stereocenters. The van der Waals surface area contributed by atoms with Crippen molar-refractivity contribution in [3.05, 3.63) is 24.3 Å². The van der Waals surface area contributed by atoms with Crippen molar-refractivity contribution in [1.29, 1.82) is 5.26 Å². The van der Waals surface area contributed by atoms with E-state index in [0.717, 1.165) is 12.0 Å². The molecule has 0 saturated carbocycles. The van der Waals surface area contributed by atoms with Gasteiger partial charge in [-0.15, -0.1) is 0 Å². The average Bonchev–Trinajstić information content (AvgIpc) is 2.03. The van der Waals surface area contributed by atoms with Crippen LogP contribution in [-0.2, 0) is 0 Å². The van der Waals surface area contributed by atoms with E-state index in [2.05, 4.69) is 32.6 Å². The molecule has 0 aliphatic heterocycles. The molecule has 0 aromatic carbocycles. The summed E-state index contributed by atoms with van der Waals surface area (Å²) in [5.41, 5.74) is 1.07. The summed E-state index contributed by atoms with van der Waals surface area (Å²) >= 11 is 0. The number of nitrogens with zero attached hydrogens (tertiary/aromatic N) is 1. The second kappa shape index (κ2) is 6.48. The first-order valence-corrected chi connectivity index (χ1v) is 4.78. The van der Waals surface area contributed by atoms with E-state index in [-0.39, 0.29) is 0 Å². The Morgan fingerprint density at radius 2 is 2.15 bits per heavy atom. The van der Waals surface area contributed by atoms with Gasteiger partial charge in [-0.25, -0.2) is 0 Å². The van der Waals surface area contributed by atoms with E-state index in [1.54, 1.807) is 0 Å². The smallest absolute Gasteiger partial charge is 0.0621 e. The Labute approximate surface area is 81.8 Å². The van der Waals surface area contributed by atoms with Gasteiger partial charge < -0.3 is 0 Å². The van der Waals surface area contributed by atoms with E-state index in [9.17, 15) is 0 Å². The summed E-state index contributed by atoms with van der Waals surface area (Å²) in [6, 6.07) is 2.18. The van der Waals surface area contributed by atoms with E-state index < -0.39 is 0 Å². The Morgan fingerprint density at radius 1 is 1.54 bits per heavy atom. The fourth-order valence-corrected chi connectivity index (χ4v) is 1.17. The van der Waals surface area contributed by atoms with Crippen LogP contribution in [0, 0.1) is 23.2 Å². The first-order chi connectivity index (χ1) is 6.07. The van der Waals surface area contributed by atoms with Gasteiger partial charge in [0.1, 0.15) is 0 Å². The summed E-state index contributed by atoms with van der Waals surface area (Å²) in [5.74, 6) is 1.11. The van der Waals surface area contributed by atoms with Gasteiger partial charge in [0.2, 0.25) is 0 Å². The molecule has 0 bridgehead atoms. The normalized spacial score (nSPS) is 13.2. The molecule has 1 heteroatoms. The van der Waals surface area contributed by atoms with E-state index in [0.29, 0.717) is 18.3 Å². The lowest BCUT2D eigenvalue weighted by Gasteiger charge is -2.14. The van der Waals surface area contributed by atoms with Gasteiger partial charge in [-0.1, -0.05) is 38.2 Å². The van der Waals surface area contributed by atoms with Crippen LogP contribution < -0.4 is 0 Å². The fourth-order valence-electron chi connectivity index (χ4n) is 1.17. The highest BCUT2D eigenvalue weighted by Crippen LogP contribution is 2.18. The van der Waals surface area contributed by atoms with Crippen molar-refractivity contribution in [3.8, 4) is 6.07 Å². The molecule has 0 unspecified atom stereocenters. The van der Waals surface area contributed by atoms with Gasteiger partial charge in [-0.2, -0.15) is 5.26 Å². The van der Waals surface area contributed by atoms with Gasteiger partial charge in [-0.3, -0.25) is 0 Å². The average molecular weight is 177 g/mol. The molecular weight excluding hydrogens is 158 g/mol. The van der Waals surface area contributed by atoms with Crippen molar-refractivity contribution in [2.75, 3.05) is 0 Å². The number of nitriles is 1. The van der Waals surface area contributed by atoms with Crippen LogP contribution in [0.3, 0.4) is 0 Å². The van der Waals surface area contributed by atoms with Crippen LogP contribution in [0.15, 0.2) is 24.3 Å². The van der Waals surface area contributed by atoms with Crippen molar-refractivity contribution < 1.29 is 0 Å². The van der Waals surface area contributed by atoms with Crippen LogP contribution in [0.5, 0.6) is 0 Å². The van der Waals surface area contributed by atoms with Crippen molar-refractivity contribution >= 4 is 0 Å².